The van der Waals surface area contributed by atoms with Crippen molar-refractivity contribution < 1.29 is 9.59 Å². The van der Waals surface area contributed by atoms with E-state index in [1.165, 1.54) is 9.47 Å². The summed E-state index contributed by atoms with van der Waals surface area (Å²) in [6.07, 6.45) is 1.92. The summed E-state index contributed by atoms with van der Waals surface area (Å²) in [7, 11) is 1.64. The van der Waals surface area contributed by atoms with Crippen LogP contribution < -0.4 is 15.8 Å². The number of aryl methyl sites for hydroxylation is 1. The van der Waals surface area contributed by atoms with Crippen molar-refractivity contribution in [2.24, 2.45) is 7.05 Å². The third-order valence-electron chi connectivity index (χ3n) is 3.40. The molecule has 6 heteroatoms. The van der Waals surface area contributed by atoms with Gasteiger partial charge in [-0.05, 0) is 0 Å². The molecular weight excluding hydrogens is 258 g/mol. The number of hydrogen-bond acceptors (Lipinski definition) is 3. The van der Waals surface area contributed by atoms with Crippen molar-refractivity contribution in [2.75, 3.05) is 11.4 Å². The number of urea groups is 1. The topological polar surface area (TPSA) is 71.4 Å². The van der Waals surface area contributed by atoms with Crippen LogP contribution >= 0.6 is 0 Å². The zero-order valence-corrected chi connectivity index (χ0v) is 10.9. The molecule has 1 saturated heterocycles. The van der Waals surface area contributed by atoms with Gasteiger partial charge in [0.15, 0.2) is 0 Å². The van der Waals surface area contributed by atoms with Crippen LogP contribution in [-0.4, -0.2) is 23.1 Å². The van der Waals surface area contributed by atoms with Crippen LogP contribution in [0.5, 0.6) is 0 Å². The van der Waals surface area contributed by atoms with E-state index in [2.05, 4.69) is 5.32 Å². The average Bonchev–Trinajstić information content (AvgIpc) is 2.42. The van der Waals surface area contributed by atoms with Crippen molar-refractivity contribution in [3.8, 4) is 0 Å². The fraction of sp³-hybridized carbons (Fsp3) is 0.214. The number of carbonyl (C=O) groups is 2. The van der Waals surface area contributed by atoms with Crippen LogP contribution in [0.2, 0.25) is 0 Å². The number of hydrogen-bond donors (Lipinski definition) is 1. The van der Waals surface area contributed by atoms with Crippen molar-refractivity contribution in [3.63, 3.8) is 0 Å². The Bertz CT molecular complexity index is 779. The molecule has 0 spiro atoms. The molecule has 0 radical (unpaired) electrons. The quantitative estimate of drug-likeness (QED) is 0.840. The molecule has 3 amide bonds. The first-order valence-corrected chi connectivity index (χ1v) is 6.27. The molecule has 0 saturated carbocycles. The standard InChI is InChI=1S/C14H13N3O3/c1-16-8-9-4-2-3-5-10(9)12(13(16)19)17-7-6-11(18)15-14(17)20/h2-5,8H,6-7H2,1H3,(H,15,18,20). The molecule has 2 aromatic rings. The van der Waals surface area contributed by atoms with E-state index < -0.39 is 6.03 Å². The van der Waals surface area contributed by atoms with Crippen molar-refractivity contribution in [1.29, 1.82) is 0 Å². The van der Waals surface area contributed by atoms with Gasteiger partial charge in [0.25, 0.3) is 5.56 Å². The Morgan fingerprint density at radius 1 is 1.15 bits per heavy atom. The minimum Gasteiger partial charge on any atom is -0.316 e. The Kier molecular flexibility index (Phi) is 2.78. The van der Waals surface area contributed by atoms with Gasteiger partial charge in [0.2, 0.25) is 5.91 Å². The molecule has 20 heavy (non-hydrogen) atoms. The fourth-order valence-corrected chi connectivity index (χ4v) is 2.41. The summed E-state index contributed by atoms with van der Waals surface area (Å²) in [4.78, 5) is 36.9. The summed E-state index contributed by atoms with van der Waals surface area (Å²) in [6.45, 7) is 0.216. The summed E-state index contributed by atoms with van der Waals surface area (Å²) >= 11 is 0. The Labute approximate surface area is 114 Å². The first-order chi connectivity index (χ1) is 9.58. The fourth-order valence-electron chi connectivity index (χ4n) is 2.41. The lowest BCUT2D eigenvalue weighted by Gasteiger charge is -2.27. The van der Waals surface area contributed by atoms with Crippen LogP contribution in [0.3, 0.4) is 0 Å². The van der Waals surface area contributed by atoms with Crippen LogP contribution in [0.1, 0.15) is 6.42 Å². The number of fused-ring (bicyclic) bond motifs is 1. The first-order valence-electron chi connectivity index (χ1n) is 6.27. The molecule has 0 atom stereocenters. The van der Waals surface area contributed by atoms with Gasteiger partial charge in [0.05, 0.1) is 0 Å². The molecule has 1 aromatic heterocycles. The highest BCUT2D eigenvalue weighted by Gasteiger charge is 2.27. The van der Waals surface area contributed by atoms with Gasteiger partial charge in [-0.3, -0.25) is 19.8 Å². The second-order valence-corrected chi connectivity index (χ2v) is 4.74. The predicted octanol–water partition coefficient (Wildman–Crippen LogP) is 0.985. The summed E-state index contributed by atoms with van der Waals surface area (Å²) in [5, 5.41) is 3.82. The highest BCUT2D eigenvalue weighted by molar-refractivity contribution is 6.09. The lowest BCUT2D eigenvalue weighted by molar-refractivity contribution is -0.120. The lowest BCUT2D eigenvalue weighted by atomic mass is 10.1. The number of imide groups is 1. The normalized spacial score (nSPS) is 15.6. The maximum Gasteiger partial charge on any atom is 0.328 e. The van der Waals surface area contributed by atoms with Crippen molar-refractivity contribution in [2.45, 2.75) is 6.42 Å². The number of rotatable bonds is 1. The minimum atomic E-state index is -0.547. The van der Waals surface area contributed by atoms with E-state index in [-0.39, 0.29) is 24.4 Å². The van der Waals surface area contributed by atoms with Crippen LogP contribution in [0, 0.1) is 0 Å². The van der Waals surface area contributed by atoms with E-state index in [0.29, 0.717) is 11.1 Å². The van der Waals surface area contributed by atoms with E-state index in [1.54, 1.807) is 19.3 Å². The van der Waals surface area contributed by atoms with Gasteiger partial charge in [0, 0.05) is 37.0 Å². The summed E-state index contributed by atoms with van der Waals surface area (Å²) in [6, 6.07) is 6.82. The van der Waals surface area contributed by atoms with E-state index in [4.69, 9.17) is 0 Å². The molecule has 1 N–H and O–H groups in total. The third-order valence-corrected chi connectivity index (χ3v) is 3.40. The minimum absolute atomic E-state index is 0.193. The van der Waals surface area contributed by atoms with Crippen LogP contribution in [0.25, 0.3) is 10.8 Å². The zero-order chi connectivity index (χ0) is 14.3. The molecular formula is C14H13N3O3. The van der Waals surface area contributed by atoms with Gasteiger partial charge >= 0.3 is 6.03 Å². The third kappa shape index (κ3) is 1.85. The van der Waals surface area contributed by atoms with E-state index in [9.17, 15) is 14.4 Å². The molecule has 0 bridgehead atoms. The maximum absolute atomic E-state index is 12.4. The Morgan fingerprint density at radius 3 is 2.65 bits per heavy atom. The molecule has 1 aliphatic rings. The SMILES string of the molecule is Cn1cc2ccccc2c(N2CCC(=O)NC2=O)c1=O. The molecule has 6 nitrogen and oxygen atoms in total. The second-order valence-electron chi connectivity index (χ2n) is 4.74. The van der Waals surface area contributed by atoms with Crippen molar-refractivity contribution in [3.05, 3.63) is 40.8 Å². The summed E-state index contributed by atoms with van der Waals surface area (Å²) in [5.41, 5.74) is 0.0591. The number of nitrogens with zero attached hydrogens (tertiary/aromatic N) is 2. The number of benzene rings is 1. The molecule has 2 heterocycles. The molecule has 0 aliphatic carbocycles. The predicted molar refractivity (Wildman–Crippen MR) is 74.7 cm³/mol. The van der Waals surface area contributed by atoms with Gasteiger partial charge < -0.3 is 4.57 Å². The molecule has 3 rings (SSSR count). The van der Waals surface area contributed by atoms with Gasteiger partial charge in [-0.25, -0.2) is 4.79 Å². The summed E-state index contributed by atoms with van der Waals surface area (Å²) < 4.78 is 1.45. The number of aromatic nitrogens is 1. The lowest BCUT2D eigenvalue weighted by Crippen LogP contribution is -2.51. The number of anilines is 1. The Balaban J connectivity index is 2.25. The van der Waals surface area contributed by atoms with Crippen LogP contribution in [0.15, 0.2) is 35.3 Å². The highest BCUT2D eigenvalue weighted by atomic mass is 16.2. The average molecular weight is 271 g/mol. The van der Waals surface area contributed by atoms with Crippen molar-refractivity contribution in [1.82, 2.24) is 9.88 Å². The zero-order valence-electron chi connectivity index (χ0n) is 10.9. The number of nitrogens with one attached hydrogen (secondary N) is 1. The largest absolute Gasteiger partial charge is 0.328 e. The number of amides is 3. The van der Waals surface area contributed by atoms with E-state index in [0.717, 1.165) is 5.39 Å². The van der Waals surface area contributed by atoms with Crippen LogP contribution in [0.4, 0.5) is 10.5 Å². The molecule has 1 fully saturated rings. The Hall–Kier alpha value is -2.63. The van der Waals surface area contributed by atoms with E-state index >= 15 is 0 Å². The van der Waals surface area contributed by atoms with Gasteiger partial charge in [-0.15, -0.1) is 0 Å². The highest BCUT2D eigenvalue weighted by Crippen LogP contribution is 2.24. The van der Waals surface area contributed by atoms with Gasteiger partial charge in [-0.2, -0.15) is 0 Å². The molecule has 1 aromatic carbocycles. The second kappa shape index (κ2) is 4.48. The first kappa shape index (κ1) is 12.4. The van der Waals surface area contributed by atoms with Crippen LogP contribution in [-0.2, 0) is 11.8 Å². The monoisotopic (exact) mass is 271 g/mol. The van der Waals surface area contributed by atoms with E-state index in [1.807, 2.05) is 18.2 Å². The van der Waals surface area contributed by atoms with Gasteiger partial charge in [0.1, 0.15) is 5.69 Å². The Morgan fingerprint density at radius 2 is 1.90 bits per heavy atom. The maximum atomic E-state index is 12.4. The smallest absolute Gasteiger partial charge is 0.316 e. The molecule has 102 valence electrons. The number of carbonyl (C=O) groups excluding carboxylic acids is 2. The number of pyridine rings is 1. The molecule has 1 aliphatic heterocycles. The molecule has 0 unspecified atom stereocenters. The van der Waals surface area contributed by atoms with Crippen molar-refractivity contribution >= 4 is 28.4 Å². The van der Waals surface area contributed by atoms with Gasteiger partial charge in [-0.1, -0.05) is 24.3 Å². The summed E-state index contributed by atoms with van der Waals surface area (Å²) in [5.74, 6) is -0.316.